The number of carbonyl (C=O) groups is 1. The number of amides is 1. The van der Waals surface area contributed by atoms with Crippen molar-refractivity contribution < 1.29 is 13.9 Å². The van der Waals surface area contributed by atoms with E-state index in [1.54, 1.807) is 0 Å². The van der Waals surface area contributed by atoms with Crippen molar-refractivity contribution in [2.24, 2.45) is 0 Å². The maximum Gasteiger partial charge on any atom is 0.232 e. The van der Waals surface area contributed by atoms with Crippen LogP contribution in [-0.4, -0.2) is 22.5 Å². The first-order valence-electron chi connectivity index (χ1n) is 8.97. The molecule has 1 N–H and O–H groups in total. The van der Waals surface area contributed by atoms with E-state index in [1.807, 2.05) is 62.4 Å². The van der Waals surface area contributed by atoms with Gasteiger partial charge in [-0.25, -0.2) is 9.97 Å². The normalized spacial score (nSPS) is 10.9. The second-order valence-electron chi connectivity index (χ2n) is 6.19. The molecule has 2 aromatic heterocycles. The van der Waals surface area contributed by atoms with Gasteiger partial charge in [-0.05, 0) is 44.2 Å². The molecule has 0 bridgehead atoms. The fraction of sp³-hybridized carbons (Fsp3) is 0.190. The van der Waals surface area contributed by atoms with Gasteiger partial charge in [0.2, 0.25) is 11.8 Å². The summed E-state index contributed by atoms with van der Waals surface area (Å²) in [4.78, 5) is 21.4. The van der Waals surface area contributed by atoms with E-state index in [4.69, 9.17) is 9.15 Å². The van der Waals surface area contributed by atoms with Crippen molar-refractivity contribution in [3.63, 3.8) is 0 Å². The molecule has 7 heteroatoms. The van der Waals surface area contributed by atoms with Gasteiger partial charge in [-0.15, -0.1) is 0 Å². The quantitative estimate of drug-likeness (QED) is 0.507. The van der Waals surface area contributed by atoms with Crippen molar-refractivity contribution in [2.45, 2.75) is 20.3 Å². The molecule has 1 amide bonds. The number of aryl methyl sites for hydroxylation is 1. The van der Waals surface area contributed by atoms with Crippen LogP contribution in [0.25, 0.3) is 21.7 Å². The summed E-state index contributed by atoms with van der Waals surface area (Å²) in [6.07, 6.45) is 0.127. The summed E-state index contributed by atoms with van der Waals surface area (Å²) in [6.45, 7) is 4.36. The SMILES string of the molecule is CCOc1ccc2nc(NC(=O)Cc3nc(-c4ccccc4)oc3C)sc2c1. The lowest BCUT2D eigenvalue weighted by Crippen LogP contribution is -2.14. The first kappa shape index (κ1) is 18.2. The predicted molar refractivity (Wildman–Crippen MR) is 110 cm³/mol. The first-order chi connectivity index (χ1) is 13.6. The molecule has 6 nitrogen and oxygen atoms in total. The summed E-state index contributed by atoms with van der Waals surface area (Å²) < 4.78 is 12.2. The molecule has 0 aliphatic carbocycles. The highest BCUT2D eigenvalue weighted by Gasteiger charge is 2.16. The average molecular weight is 393 g/mol. The van der Waals surface area contributed by atoms with Crippen LogP contribution >= 0.6 is 11.3 Å². The lowest BCUT2D eigenvalue weighted by molar-refractivity contribution is -0.115. The third kappa shape index (κ3) is 3.89. The topological polar surface area (TPSA) is 77.2 Å². The van der Waals surface area contributed by atoms with Gasteiger partial charge in [-0.3, -0.25) is 4.79 Å². The summed E-state index contributed by atoms with van der Waals surface area (Å²) in [5.41, 5.74) is 2.33. The summed E-state index contributed by atoms with van der Waals surface area (Å²) in [5, 5.41) is 3.41. The number of thiazole rings is 1. The highest BCUT2D eigenvalue weighted by Crippen LogP contribution is 2.29. The van der Waals surface area contributed by atoms with E-state index in [-0.39, 0.29) is 12.3 Å². The van der Waals surface area contributed by atoms with Gasteiger partial charge < -0.3 is 14.5 Å². The van der Waals surface area contributed by atoms with Crippen LogP contribution < -0.4 is 10.1 Å². The number of oxazole rings is 1. The molecule has 2 aromatic carbocycles. The Hall–Kier alpha value is -3.19. The van der Waals surface area contributed by atoms with Gasteiger partial charge in [-0.1, -0.05) is 29.5 Å². The van der Waals surface area contributed by atoms with Gasteiger partial charge in [0, 0.05) is 5.56 Å². The number of anilines is 1. The average Bonchev–Trinajstić information content (AvgIpc) is 3.25. The Kier molecular flexibility index (Phi) is 5.08. The molecule has 0 radical (unpaired) electrons. The standard InChI is InChI=1S/C21H19N3O3S/c1-3-26-15-9-10-16-18(11-15)28-21(23-16)24-19(25)12-17-13(2)27-20(22-17)14-7-5-4-6-8-14/h4-11H,3,12H2,1-2H3,(H,23,24,25). The van der Waals surface area contributed by atoms with Crippen molar-refractivity contribution in [3.8, 4) is 17.2 Å². The van der Waals surface area contributed by atoms with E-state index >= 15 is 0 Å². The van der Waals surface area contributed by atoms with Crippen LogP contribution in [0.4, 0.5) is 5.13 Å². The van der Waals surface area contributed by atoms with Crippen molar-refractivity contribution >= 4 is 32.6 Å². The van der Waals surface area contributed by atoms with Crippen molar-refractivity contribution in [3.05, 3.63) is 60.0 Å². The molecule has 4 aromatic rings. The predicted octanol–water partition coefficient (Wildman–Crippen LogP) is 4.84. The number of aromatic nitrogens is 2. The minimum absolute atomic E-state index is 0.127. The minimum atomic E-state index is -0.180. The zero-order chi connectivity index (χ0) is 19.5. The molecule has 28 heavy (non-hydrogen) atoms. The van der Waals surface area contributed by atoms with E-state index < -0.39 is 0 Å². The highest BCUT2D eigenvalue weighted by molar-refractivity contribution is 7.22. The molecule has 142 valence electrons. The van der Waals surface area contributed by atoms with Gasteiger partial charge in [-0.2, -0.15) is 0 Å². The van der Waals surface area contributed by atoms with Gasteiger partial charge in [0.05, 0.1) is 28.9 Å². The second kappa shape index (κ2) is 7.82. The number of ether oxygens (including phenoxy) is 1. The molecule has 0 fully saturated rings. The van der Waals surface area contributed by atoms with Crippen LogP contribution in [0.15, 0.2) is 52.9 Å². The van der Waals surface area contributed by atoms with E-state index in [0.29, 0.717) is 29.1 Å². The molecule has 2 heterocycles. The van der Waals surface area contributed by atoms with E-state index in [2.05, 4.69) is 15.3 Å². The largest absolute Gasteiger partial charge is 0.494 e. The Balaban J connectivity index is 1.47. The maximum atomic E-state index is 12.5. The summed E-state index contributed by atoms with van der Waals surface area (Å²) in [6, 6.07) is 15.3. The number of hydrogen-bond donors (Lipinski definition) is 1. The molecule has 0 aliphatic heterocycles. The molecule has 0 saturated heterocycles. The third-order valence-corrected chi connectivity index (χ3v) is 5.09. The Labute approximate surface area is 166 Å². The minimum Gasteiger partial charge on any atom is -0.494 e. The monoisotopic (exact) mass is 393 g/mol. The Morgan fingerprint density at radius 1 is 1.18 bits per heavy atom. The van der Waals surface area contributed by atoms with Crippen LogP contribution in [-0.2, 0) is 11.2 Å². The molecular formula is C21H19N3O3S. The van der Waals surface area contributed by atoms with E-state index in [0.717, 1.165) is 21.5 Å². The van der Waals surface area contributed by atoms with Crippen molar-refractivity contribution in [2.75, 3.05) is 11.9 Å². The highest BCUT2D eigenvalue weighted by atomic mass is 32.1. The van der Waals surface area contributed by atoms with E-state index in [9.17, 15) is 4.79 Å². The Bertz CT molecular complexity index is 1120. The number of benzene rings is 2. The summed E-state index contributed by atoms with van der Waals surface area (Å²) >= 11 is 1.42. The number of nitrogens with zero attached hydrogens (tertiary/aromatic N) is 2. The molecular weight excluding hydrogens is 374 g/mol. The third-order valence-electron chi connectivity index (χ3n) is 4.16. The van der Waals surface area contributed by atoms with Gasteiger partial charge in [0.1, 0.15) is 11.5 Å². The number of carbonyl (C=O) groups excluding carboxylic acids is 1. The number of fused-ring (bicyclic) bond motifs is 1. The zero-order valence-corrected chi connectivity index (χ0v) is 16.4. The lowest BCUT2D eigenvalue weighted by Gasteiger charge is -2.00. The van der Waals surface area contributed by atoms with Crippen LogP contribution in [0, 0.1) is 6.92 Å². The van der Waals surface area contributed by atoms with Gasteiger partial charge in [0.25, 0.3) is 0 Å². The lowest BCUT2D eigenvalue weighted by atomic mass is 10.2. The maximum absolute atomic E-state index is 12.5. The van der Waals surface area contributed by atoms with Crippen molar-refractivity contribution in [1.29, 1.82) is 0 Å². The zero-order valence-electron chi connectivity index (χ0n) is 15.6. The van der Waals surface area contributed by atoms with Crippen LogP contribution in [0.1, 0.15) is 18.4 Å². The second-order valence-corrected chi connectivity index (χ2v) is 7.23. The smallest absolute Gasteiger partial charge is 0.232 e. The van der Waals surface area contributed by atoms with Crippen molar-refractivity contribution in [1.82, 2.24) is 9.97 Å². The Morgan fingerprint density at radius 3 is 2.79 bits per heavy atom. The van der Waals surface area contributed by atoms with Crippen LogP contribution in [0.5, 0.6) is 5.75 Å². The Morgan fingerprint density at radius 2 is 2.00 bits per heavy atom. The number of nitrogens with one attached hydrogen (secondary N) is 1. The summed E-state index contributed by atoms with van der Waals surface area (Å²) in [7, 11) is 0. The fourth-order valence-electron chi connectivity index (χ4n) is 2.83. The molecule has 0 spiro atoms. The van der Waals surface area contributed by atoms with E-state index in [1.165, 1.54) is 11.3 Å². The van der Waals surface area contributed by atoms with Crippen LogP contribution in [0.2, 0.25) is 0 Å². The summed E-state index contributed by atoms with van der Waals surface area (Å²) in [5.74, 6) is 1.77. The molecule has 0 aliphatic rings. The van der Waals surface area contributed by atoms with Gasteiger partial charge in [0.15, 0.2) is 5.13 Å². The molecule has 4 rings (SSSR count). The molecule has 0 saturated carbocycles. The molecule has 0 atom stereocenters. The van der Waals surface area contributed by atoms with Gasteiger partial charge >= 0.3 is 0 Å². The molecule has 0 unspecified atom stereocenters. The number of rotatable bonds is 6. The number of hydrogen-bond acceptors (Lipinski definition) is 6. The first-order valence-corrected chi connectivity index (χ1v) is 9.79. The van der Waals surface area contributed by atoms with Crippen LogP contribution in [0.3, 0.4) is 0 Å². The fourth-order valence-corrected chi connectivity index (χ4v) is 3.74.